The van der Waals surface area contributed by atoms with Crippen molar-refractivity contribution in [3.05, 3.63) is 41.6 Å². The summed E-state index contributed by atoms with van der Waals surface area (Å²) >= 11 is 0. The lowest BCUT2D eigenvalue weighted by atomic mass is 10.1. The van der Waals surface area contributed by atoms with Gasteiger partial charge in [-0.3, -0.25) is 4.98 Å². The third kappa shape index (κ3) is 1.49. The van der Waals surface area contributed by atoms with E-state index >= 15 is 0 Å². The third-order valence-corrected chi connectivity index (χ3v) is 2.37. The average molecular weight is 187 g/mol. The Morgan fingerprint density at radius 3 is 2.93 bits per heavy atom. The molecule has 2 aromatic rings. The zero-order chi connectivity index (χ0) is 9.97. The summed E-state index contributed by atoms with van der Waals surface area (Å²) < 4.78 is 5.14. The lowest BCUT2D eigenvalue weighted by molar-refractivity contribution is 0.186. The Labute approximate surface area is 83.5 Å². The summed E-state index contributed by atoms with van der Waals surface area (Å²) in [7, 11) is 1.70. The molecule has 0 N–H and O–H groups in total. The van der Waals surface area contributed by atoms with Gasteiger partial charge in [-0.25, -0.2) is 0 Å². The fraction of sp³-hybridized carbons (Fsp3) is 0.250. The molecule has 0 atom stereocenters. The van der Waals surface area contributed by atoms with E-state index in [1.165, 1.54) is 10.9 Å². The SMILES string of the molecule is COCc1ccc(C)c2cccnc12. The van der Waals surface area contributed by atoms with Crippen molar-refractivity contribution in [2.45, 2.75) is 13.5 Å². The zero-order valence-corrected chi connectivity index (χ0v) is 8.45. The molecule has 0 aliphatic rings. The van der Waals surface area contributed by atoms with Crippen LogP contribution in [0.2, 0.25) is 0 Å². The van der Waals surface area contributed by atoms with Crippen molar-refractivity contribution < 1.29 is 4.74 Å². The van der Waals surface area contributed by atoms with Gasteiger partial charge in [0.25, 0.3) is 0 Å². The van der Waals surface area contributed by atoms with E-state index in [9.17, 15) is 0 Å². The number of pyridine rings is 1. The Morgan fingerprint density at radius 1 is 1.29 bits per heavy atom. The van der Waals surface area contributed by atoms with Gasteiger partial charge in [0, 0.05) is 24.3 Å². The highest BCUT2D eigenvalue weighted by molar-refractivity contribution is 5.84. The Balaban J connectivity index is 2.68. The number of aromatic nitrogens is 1. The van der Waals surface area contributed by atoms with Gasteiger partial charge in [-0.15, -0.1) is 0 Å². The molecule has 0 aliphatic heterocycles. The molecular formula is C12H13NO. The molecule has 0 spiro atoms. The van der Waals surface area contributed by atoms with E-state index in [2.05, 4.69) is 30.1 Å². The first-order valence-corrected chi connectivity index (χ1v) is 4.65. The van der Waals surface area contributed by atoms with Gasteiger partial charge in [-0.05, 0) is 18.6 Å². The lowest BCUT2D eigenvalue weighted by Crippen LogP contribution is -1.92. The number of ether oxygens (including phenoxy) is 1. The van der Waals surface area contributed by atoms with Crippen molar-refractivity contribution in [3.63, 3.8) is 0 Å². The number of hydrogen-bond donors (Lipinski definition) is 0. The number of aryl methyl sites for hydroxylation is 1. The maximum Gasteiger partial charge on any atom is 0.0759 e. The van der Waals surface area contributed by atoms with E-state index in [0.29, 0.717) is 6.61 Å². The molecule has 2 nitrogen and oxygen atoms in total. The molecule has 0 fully saturated rings. The van der Waals surface area contributed by atoms with E-state index in [1.807, 2.05) is 12.3 Å². The number of hydrogen-bond acceptors (Lipinski definition) is 2. The second kappa shape index (κ2) is 3.76. The monoisotopic (exact) mass is 187 g/mol. The molecular weight excluding hydrogens is 174 g/mol. The summed E-state index contributed by atoms with van der Waals surface area (Å²) in [6.07, 6.45) is 1.82. The molecule has 0 aliphatic carbocycles. The highest BCUT2D eigenvalue weighted by atomic mass is 16.5. The second-order valence-corrected chi connectivity index (χ2v) is 3.37. The van der Waals surface area contributed by atoms with Gasteiger partial charge < -0.3 is 4.74 Å². The van der Waals surface area contributed by atoms with Crippen LogP contribution in [0.25, 0.3) is 10.9 Å². The third-order valence-electron chi connectivity index (χ3n) is 2.37. The molecule has 2 heteroatoms. The molecule has 0 radical (unpaired) electrons. The lowest BCUT2D eigenvalue weighted by Gasteiger charge is -2.06. The first-order valence-electron chi connectivity index (χ1n) is 4.65. The molecule has 0 unspecified atom stereocenters. The minimum Gasteiger partial charge on any atom is -0.380 e. The van der Waals surface area contributed by atoms with E-state index in [4.69, 9.17) is 4.74 Å². The van der Waals surface area contributed by atoms with E-state index < -0.39 is 0 Å². The topological polar surface area (TPSA) is 22.1 Å². The van der Waals surface area contributed by atoms with Crippen LogP contribution in [0.4, 0.5) is 0 Å². The van der Waals surface area contributed by atoms with Crippen LogP contribution in [0.15, 0.2) is 30.5 Å². The first-order chi connectivity index (χ1) is 6.83. The number of methoxy groups -OCH3 is 1. The minimum absolute atomic E-state index is 0.619. The zero-order valence-electron chi connectivity index (χ0n) is 8.45. The van der Waals surface area contributed by atoms with Gasteiger partial charge in [-0.2, -0.15) is 0 Å². The van der Waals surface area contributed by atoms with E-state index in [0.717, 1.165) is 11.1 Å². The fourth-order valence-corrected chi connectivity index (χ4v) is 1.65. The van der Waals surface area contributed by atoms with Crippen LogP contribution in [0.5, 0.6) is 0 Å². The number of rotatable bonds is 2. The molecule has 0 bridgehead atoms. The summed E-state index contributed by atoms with van der Waals surface area (Å²) in [5.41, 5.74) is 3.45. The van der Waals surface area contributed by atoms with Gasteiger partial charge in [0.1, 0.15) is 0 Å². The van der Waals surface area contributed by atoms with Gasteiger partial charge >= 0.3 is 0 Å². The molecule has 72 valence electrons. The summed E-state index contributed by atoms with van der Waals surface area (Å²) in [5.74, 6) is 0. The molecule has 1 aromatic carbocycles. The average Bonchev–Trinajstić information content (AvgIpc) is 2.23. The number of benzene rings is 1. The second-order valence-electron chi connectivity index (χ2n) is 3.37. The normalized spacial score (nSPS) is 10.7. The van der Waals surface area contributed by atoms with Crippen molar-refractivity contribution >= 4 is 10.9 Å². The van der Waals surface area contributed by atoms with Crippen LogP contribution in [-0.2, 0) is 11.3 Å². The molecule has 2 rings (SSSR count). The van der Waals surface area contributed by atoms with Gasteiger partial charge in [0.15, 0.2) is 0 Å². The maximum absolute atomic E-state index is 5.14. The van der Waals surface area contributed by atoms with E-state index in [-0.39, 0.29) is 0 Å². The van der Waals surface area contributed by atoms with Crippen LogP contribution >= 0.6 is 0 Å². The molecule has 1 heterocycles. The Morgan fingerprint density at radius 2 is 2.14 bits per heavy atom. The molecule has 0 saturated carbocycles. The summed E-state index contributed by atoms with van der Waals surface area (Å²) in [6.45, 7) is 2.72. The Hall–Kier alpha value is -1.41. The van der Waals surface area contributed by atoms with Crippen molar-refractivity contribution in [2.75, 3.05) is 7.11 Å². The van der Waals surface area contributed by atoms with Gasteiger partial charge in [0.05, 0.1) is 12.1 Å². The van der Waals surface area contributed by atoms with Gasteiger partial charge in [-0.1, -0.05) is 18.2 Å². The van der Waals surface area contributed by atoms with Crippen LogP contribution in [0, 0.1) is 6.92 Å². The smallest absolute Gasteiger partial charge is 0.0759 e. The summed E-state index contributed by atoms with van der Waals surface area (Å²) in [4.78, 5) is 4.38. The summed E-state index contributed by atoms with van der Waals surface area (Å²) in [5, 5.41) is 1.21. The van der Waals surface area contributed by atoms with Crippen LogP contribution in [0.1, 0.15) is 11.1 Å². The van der Waals surface area contributed by atoms with Gasteiger partial charge in [0.2, 0.25) is 0 Å². The predicted octanol–water partition coefficient (Wildman–Crippen LogP) is 2.69. The Bertz CT molecular complexity index is 451. The summed E-state index contributed by atoms with van der Waals surface area (Å²) in [6, 6.07) is 8.25. The number of nitrogens with zero attached hydrogens (tertiary/aromatic N) is 1. The fourth-order valence-electron chi connectivity index (χ4n) is 1.65. The van der Waals surface area contributed by atoms with Crippen LogP contribution in [0.3, 0.4) is 0 Å². The molecule has 0 saturated heterocycles. The largest absolute Gasteiger partial charge is 0.380 e. The van der Waals surface area contributed by atoms with Crippen molar-refractivity contribution in [1.82, 2.24) is 4.98 Å². The first kappa shape index (κ1) is 9.16. The molecule has 1 aromatic heterocycles. The van der Waals surface area contributed by atoms with Crippen molar-refractivity contribution in [1.29, 1.82) is 0 Å². The highest BCUT2D eigenvalue weighted by Gasteiger charge is 2.03. The van der Waals surface area contributed by atoms with Crippen LogP contribution < -0.4 is 0 Å². The number of fused-ring (bicyclic) bond motifs is 1. The maximum atomic E-state index is 5.14. The quantitative estimate of drug-likeness (QED) is 0.721. The Kier molecular flexibility index (Phi) is 2.46. The minimum atomic E-state index is 0.619. The molecule has 14 heavy (non-hydrogen) atoms. The standard InChI is InChI=1S/C12H13NO/c1-9-5-6-10(8-14-2)12-11(9)4-3-7-13-12/h3-7H,8H2,1-2H3. The van der Waals surface area contributed by atoms with Crippen molar-refractivity contribution in [3.8, 4) is 0 Å². The van der Waals surface area contributed by atoms with E-state index in [1.54, 1.807) is 7.11 Å². The highest BCUT2D eigenvalue weighted by Crippen LogP contribution is 2.20. The van der Waals surface area contributed by atoms with Crippen molar-refractivity contribution in [2.24, 2.45) is 0 Å². The predicted molar refractivity (Wildman–Crippen MR) is 57.2 cm³/mol. The van der Waals surface area contributed by atoms with Crippen LogP contribution in [-0.4, -0.2) is 12.1 Å². The molecule has 0 amide bonds.